The van der Waals surface area contributed by atoms with Crippen LogP contribution in [-0.4, -0.2) is 58.9 Å². The van der Waals surface area contributed by atoms with Crippen LogP contribution in [-0.2, 0) is 9.59 Å². The molecule has 7 heteroatoms. The van der Waals surface area contributed by atoms with Gasteiger partial charge < -0.3 is 20.0 Å². The Bertz CT molecular complexity index is 1040. The summed E-state index contributed by atoms with van der Waals surface area (Å²) in [7, 11) is 3.88. The second kappa shape index (κ2) is 9.12. The van der Waals surface area contributed by atoms with Crippen molar-refractivity contribution in [1.82, 2.24) is 9.80 Å². The highest BCUT2D eigenvalue weighted by Crippen LogP contribution is 2.41. The van der Waals surface area contributed by atoms with E-state index in [0.29, 0.717) is 23.6 Å². The van der Waals surface area contributed by atoms with E-state index in [0.717, 1.165) is 17.7 Å². The number of halogens is 1. The van der Waals surface area contributed by atoms with Crippen LogP contribution >= 0.6 is 11.6 Å². The van der Waals surface area contributed by atoms with Gasteiger partial charge in [0, 0.05) is 11.6 Å². The first kappa shape index (κ1) is 22.8. The summed E-state index contributed by atoms with van der Waals surface area (Å²) in [5.74, 6) is -1.95. The number of aliphatic hydroxyl groups is 1. The Balaban J connectivity index is 2.15. The second-order valence-corrected chi connectivity index (χ2v) is 8.59. The van der Waals surface area contributed by atoms with Gasteiger partial charge in [-0.1, -0.05) is 23.7 Å². The minimum absolute atomic E-state index is 0.0317. The topological polar surface area (TPSA) is 81.1 Å². The first-order chi connectivity index (χ1) is 14.6. The summed E-state index contributed by atoms with van der Waals surface area (Å²) >= 11 is 6.03. The molecule has 1 heterocycles. The summed E-state index contributed by atoms with van der Waals surface area (Å²) in [6, 6.07) is 9.25. The van der Waals surface area contributed by atoms with E-state index in [9.17, 15) is 19.8 Å². The molecule has 1 saturated heterocycles. The van der Waals surface area contributed by atoms with Crippen LogP contribution in [0.5, 0.6) is 5.75 Å². The highest BCUT2D eigenvalue weighted by molar-refractivity contribution is 6.46. The standard InChI is InChI=1S/C24H27ClN2O4/c1-14-12-18(19(28)13-15(14)2)22(29)20-21(16-6-8-17(25)9-7-16)27(24(31)23(20)30)11-5-10-26(3)4/h6-9,12-13,21,28-29H,5,10-11H2,1-4H3. The average Bonchev–Trinajstić information content (AvgIpc) is 2.95. The number of hydrogen-bond acceptors (Lipinski definition) is 5. The Morgan fingerprint density at radius 3 is 2.32 bits per heavy atom. The van der Waals surface area contributed by atoms with E-state index < -0.39 is 17.7 Å². The van der Waals surface area contributed by atoms with E-state index in [2.05, 4.69) is 0 Å². The zero-order valence-corrected chi connectivity index (χ0v) is 18.9. The molecule has 0 saturated carbocycles. The number of benzene rings is 2. The quantitative estimate of drug-likeness (QED) is 0.401. The van der Waals surface area contributed by atoms with Gasteiger partial charge in [0.2, 0.25) is 0 Å². The summed E-state index contributed by atoms with van der Waals surface area (Å²) in [5, 5.41) is 22.1. The molecule has 1 aliphatic heterocycles. The molecule has 1 amide bonds. The van der Waals surface area contributed by atoms with Crippen molar-refractivity contribution in [3.8, 4) is 5.75 Å². The number of aryl methyl sites for hydroxylation is 2. The van der Waals surface area contributed by atoms with Gasteiger partial charge in [-0.3, -0.25) is 9.59 Å². The summed E-state index contributed by atoms with van der Waals surface area (Å²) in [5.41, 5.74) is 2.47. The summed E-state index contributed by atoms with van der Waals surface area (Å²) in [4.78, 5) is 29.4. The second-order valence-electron chi connectivity index (χ2n) is 8.15. The van der Waals surface area contributed by atoms with Crippen molar-refractivity contribution < 1.29 is 19.8 Å². The molecule has 2 aromatic carbocycles. The van der Waals surface area contributed by atoms with Gasteiger partial charge in [0.05, 0.1) is 17.2 Å². The molecule has 2 aromatic rings. The SMILES string of the molecule is Cc1cc(O)c(C(O)=C2C(=O)C(=O)N(CCCN(C)C)C2c2ccc(Cl)cc2)cc1C. The molecule has 3 rings (SSSR count). The largest absolute Gasteiger partial charge is 0.507 e. The third-order valence-electron chi connectivity index (χ3n) is 5.60. The first-order valence-electron chi connectivity index (χ1n) is 10.1. The summed E-state index contributed by atoms with van der Waals surface area (Å²) in [6.45, 7) is 4.79. The lowest BCUT2D eigenvalue weighted by Crippen LogP contribution is -2.32. The van der Waals surface area contributed by atoms with E-state index in [4.69, 9.17) is 11.6 Å². The van der Waals surface area contributed by atoms with Crippen molar-refractivity contribution >= 4 is 29.1 Å². The average molecular weight is 443 g/mol. The van der Waals surface area contributed by atoms with Gasteiger partial charge in [-0.25, -0.2) is 0 Å². The summed E-state index contributed by atoms with van der Waals surface area (Å²) in [6.07, 6.45) is 0.666. The van der Waals surface area contributed by atoms with Crippen molar-refractivity contribution in [3.05, 3.63) is 69.2 Å². The Kier molecular flexibility index (Phi) is 6.72. The molecule has 1 fully saturated rings. The lowest BCUT2D eigenvalue weighted by Gasteiger charge is -2.26. The van der Waals surface area contributed by atoms with Crippen LogP contribution in [0.15, 0.2) is 42.0 Å². The Labute approximate surface area is 187 Å². The molecule has 164 valence electrons. The maximum Gasteiger partial charge on any atom is 0.295 e. The number of aliphatic hydroxyl groups excluding tert-OH is 1. The van der Waals surface area contributed by atoms with Crippen LogP contribution in [0.25, 0.3) is 5.76 Å². The van der Waals surface area contributed by atoms with E-state index in [-0.39, 0.29) is 22.6 Å². The Morgan fingerprint density at radius 2 is 1.71 bits per heavy atom. The number of hydrogen-bond donors (Lipinski definition) is 2. The third-order valence-corrected chi connectivity index (χ3v) is 5.85. The molecule has 1 unspecified atom stereocenters. The highest BCUT2D eigenvalue weighted by atomic mass is 35.5. The minimum Gasteiger partial charge on any atom is -0.507 e. The number of carbonyl (C=O) groups is 2. The molecule has 0 spiro atoms. The number of aromatic hydroxyl groups is 1. The van der Waals surface area contributed by atoms with E-state index >= 15 is 0 Å². The van der Waals surface area contributed by atoms with Gasteiger partial charge in [0.15, 0.2) is 0 Å². The van der Waals surface area contributed by atoms with Gasteiger partial charge in [-0.15, -0.1) is 0 Å². The number of amides is 1. The van der Waals surface area contributed by atoms with E-state index in [1.54, 1.807) is 30.3 Å². The van der Waals surface area contributed by atoms with Gasteiger partial charge in [-0.05, 0) is 81.9 Å². The van der Waals surface area contributed by atoms with E-state index in [1.165, 1.54) is 11.0 Å². The van der Waals surface area contributed by atoms with Gasteiger partial charge in [0.25, 0.3) is 11.7 Å². The molecule has 0 bridgehead atoms. The molecular formula is C24H27ClN2O4. The van der Waals surface area contributed by atoms with Crippen molar-refractivity contribution in [3.63, 3.8) is 0 Å². The minimum atomic E-state index is -0.764. The third kappa shape index (κ3) is 4.60. The fourth-order valence-corrected chi connectivity index (χ4v) is 3.92. The first-order valence-corrected chi connectivity index (χ1v) is 10.5. The summed E-state index contributed by atoms with van der Waals surface area (Å²) < 4.78 is 0. The number of phenols is 1. The molecule has 6 nitrogen and oxygen atoms in total. The van der Waals surface area contributed by atoms with Crippen molar-refractivity contribution in [2.24, 2.45) is 0 Å². The predicted molar refractivity (Wildman–Crippen MR) is 121 cm³/mol. The molecular weight excluding hydrogens is 416 g/mol. The van der Waals surface area contributed by atoms with Crippen molar-refractivity contribution in [2.75, 3.05) is 27.2 Å². The van der Waals surface area contributed by atoms with Gasteiger partial charge in [0.1, 0.15) is 11.5 Å². The highest BCUT2D eigenvalue weighted by Gasteiger charge is 2.46. The van der Waals surface area contributed by atoms with Crippen LogP contribution in [0.2, 0.25) is 5.02 Å². The van der Waals surface area contributed by atoms with Crippen LogP contribution in [0.4, 0.5) is 0 Å². The van der Waals surface area contributed by atoms with Gasteiger partial charge in [-0.2, -0.15) is 0 Å². The molecule has 2 N–H and O–H groups in total. The van der Waals surface area contributed by atoms with Crippen molar-refractivity contribution in [1.29, 1.82) is 0 Å². The van der Waals surface area contributed by atoms with Crippen LogP contribution in [0.3, 0.4) is 0 Å². The van der Waals surface area contributed by atoms with Crippen molar-refractivity contribution in [2.45, 2.75) is 26.3 Å². The molecule has 1 atom stereocenters. The number of rotatable bonds is 6. The molecule has 1 aliphatic rings. The molecule has 0 aromatic heterocycles. The van der Waals surface area contributed by atoms with E-state index in [1.807, 2.05) is 32.8 Å². The smallest absolute Gasteiger partial charge is 0.295 e. The lowest BCUT2D eigenvalue weighted by atomic mass is 9.94. The maximum atomic E-state index is 13.0. The van der Waals surface area contributed by atoms with Crippen LogP contribution in [0.1, 0.15) is 34.7 Å². The maximum absolute atomic E-state index is 13.0. The molecule has 0 aliphatic carbocycles. The van der Waals surface area contributed by atoms with Gasteiger partial charge >= 0.3 is 0 Å². The number of nitrogens with zero attached hydrogens (tertiary/aromatic N) is 2. The number of Topliss-reactive ketones (excluding diaryl/α,β-unsaturated/α-hetero) is 1. The number of ketones is 1. The lowest BCUT2D eigenvalue weighted by molar-refractivity contribution is -0.139. The number of carbonyl (C=O) groups excluding carboxylic acids is 2. The Hall–Kier alpha value is -2.83. The normalized spacial score (nSPS) is 18.3. The zero-order valence-electron chi connectivity index (χ0n) is 18.1. The molecule has 31 heavy (non-hydrogen) atoms. The number of likely N-dealkylation sites (tertiary alicyclic amines) is 1. The predicted octanol–water partition coefficient (Wildman–Crippen LogP) is 4.04. The molecule has 0 radical (unpaired) electrons. The fourth-order valence-electron chi connectivity index (χ4n) is 3.80. The zero-order chi connectivity index (χ0) is 22.9. The fraction of sp³-hybridized carbons (Fsp3) is 0.333. The number of phenolic OH excluding ortho intramolecular Hbond substituents is 1. The monoisotopic (exact) mass is 442 g/mol. The van der Waals surface area contributed by atoms with Crippen LogP contribution in [0, 0.1) is 13.8 Å². The Morgan fingerprint density at radius 1 is 1.10 bits per heavy atom. The van der Waals surface area contributed by atoms with Crippen LogP contribution < -0.4 is 0 Å².